The Kier molecular flexibility index (Phi) is 5.76. The highest BCUT2D eigenvalue weighted by atomic mass is 16.5. The van der Waals surface area contributed by atoms with Crippen molar-refractivity contribution in [3.8, 4) is 28.3 Å². The van der Waals surface area contributed by atoms with Crippen molar-refractivity contribution in [3.63, 3.8) is 0 Å². The summed E-state index contributed by atoms with van der Waals surface area (Å²) in [6, 6.07) is 15.5. The number of nitrogen functional groups attached to an aromatic ring is 1. The zero-order valence-corrected chi connectivity index (χ0v) is 18.3. The van der Waals surface area contributed by atoms with E-state index in [9.17, 15) is 0 Å². The molecular formula is C24H21N9O. The van der Waals surface area contributed by atoms with Crippen molar-refractivity contribution >= 4 is 17.5 Å². The lowest BCUT2D eigenvalue weighted by atomic mass is 10.1. The van der Waals surface area contributed by atoms with Gasteiger partial charge in [0.1, 0.15) is 24.2 Å². The first-order valence-corrected chi connectivity index (χ1v) is 10.5. The molecule has 0 saturated carbocycles. The van der Waals surface area contributed by atoms with Gasteiger partial charge in [0.2, 0.25) is 5.95 Å². The van der Waals surface area contributed by atoms with Gasteiger partial charge in [-0.1, -0.05) is 24.3 Å². The predicted octanol–water partition coefficient (Wildman–Crippen LogP) is 3.57. The van der Waals surface area contributed by atoms with Crippen molar-refractivity contribution < 1.29 is 4.74 Å². The molecule has 0 radical (unpaired) electrons. The van der Waals surface area contributed by atoms with E-state index >= 15 is 0 Å². The van der Waals surface area contributed by atoms with Crippen molar-refractivity contribution in [2.24, 2.45) is 0 Å². The molecule has 0 aliphatic rings. The summed E-state index contributed by atoms with van der Waals surface area (Å²) < 4.78 is 7.15. The number of hydrogen-bond acceptors (Lipinski definition) is 9. The third-order valence-corrected chi connectivity index (χ3v) is 5.15. The van der Waals surface area contributed by atoms with Gasteiger partial charge in [-0.2, -0.15) is 10.1 Å². The molecule has 3 aromatic heterocycles. The van der Waals surface area contributed by atoms with Gasteiger partial charge < -0.3 is 15.8 Å². The van der Waals surface area contributed by atoms with Gasteiger partial charge in [0, 0.05) is 35.4 Å². The van der Waals surface area contributed by atoms with Crippen molar-refractivity contribution in [2.75, 3.05) is 18.2 Å². The van der Waals surface area contributed by atoms with E-state index in [1.165, 1.54) is 6.33 Å². The molecule has 34 heavy (non-hydrogen) atoms. The van der Waals surface area contributed by atoms with Crippen LogP contribution in [0.3, 0.4) is 0 Å². The van der Waals surface area contributed by atoms with Gasteiger partial charge in [0.25, 0.3) is 0 Å². The van der Waals surface area contributed by atoms with Crippen molar-refractivity contribution in [3.05, 3.63) is 85.3 Å². The molecule has 3 N–H and O–H groups in total. The molecule has 0 aliphatic carbocycles. The van der Waals surface area contributed by atoms with Crippen molar-refractivity contribution in [1.82, 2.24) is 34.7 Å². The lowest BCUT2D eigenvalue weighted by Gasteiger charge is -2.10. The van der Waals surface area contributed by atoms with Crippen molar-refractivity contribution in [2.45, 2.75) is 6.54 Å². The van der Waals surface area contributed by atoms with Gasteiger partial charge >= 0.3 is 0 Å². The average molecular weight is 451 g/mol. The quantitative estimate of drug-likeness (QED) is 0.381. The number of hydrogen-bond donors (Lipinski definition) is 2. The van der Waals surface area contributed by atoms with E-state index in [0.717, 1.165) is 22.4 Å². The number of rotatable bonds is 7. The SMILES string of the molecule is COc1ccccc1-c1ncc(-c2cnc(Nc3ccc(Cn4cncn4)cc3)nc2N)cn1. The zero-order valence-electron chi connectivity index (χ0n) is 18.3. The van der Waals surface area contributed by atoms with Gasteiger partial charge in [-0.15, -0.1) is 0 Å². The summed E-state index contributed by atoms with van der Waals surface area (Å²) >= 11 is 0. The van der Waals surface area contributed by atoms with Gasteiger partial charge in [-0.3, -0.25) is 0 Å². The number of aromatic nitrogens is 7. The summed E-state index contributed by atoms with van der Waals surface area (Å²) in [6.07, 6.45) is 8.25. The fraction of sp³-hybridized carbons (Fsp3) is 0.0833. The molecule has 0 spiro atoms. The second-order valence-corrected chi connectivity index (χ2v) is 7.40. The van der Waals surface area contributed by atoms with Crippen LogP contribution in [0.5, 0.6) is 5.75 Å². The highest BCUT2D eigenvalue weighted by Gasteiger charge is 2.11. The second kappa shape index (κ2) is 9.33. The Labute approximate surface area is 195 Å². The van der Waals surface area contributed by atoms with E-state index in [0.29, 0.717) is 35.4 Å². The third-order valence-electron chi connectivity index (χ3n) is 5.15. The Hall–Kier alpha value is -4.86. The molecule has 2 aromatic carbocycles. The molecule has 3 heterocycles. The number of benzene rings is 2. The molecule has 0 fully saturated rings. The first kappa shape index (κ1) is 21.0. The Morgan fingerprint density at radius 3 is 2.44 bits per heavy atom. The predicted molar refractivity (Wildman–Crippen MR) is 128 cm³/mol. The van der Waals surface area contributed by atoms with Crippen LogP contribution >= 0.6 is 0 Å². The van der Waals surface area contributed by atoms with Crippen molar-refractivity contribution in [1.29, 1.82) is 0 Å². The van der Waals surface area contributed by atoms with Crippen LogP contribution in [0.4, 0.5) is 17.5 Å². The molecule has 0 aliphatic heterocycles. The largest absolute Gasteiger partial charge is 0.496 e. The molecule has 5 rings (SSSR count). The van der Waals surface area contributed by atoms with Gasteiger partial charge in [0.15, 0.2) is 5.82 Å². The molecule has 10 nitrogen and oxygen atoms in total. The fourth-order valence-electron chi connectivity index (χ4n) is 3.44. The molecule has 0 atom stereocenters. The number of nitrogens with zero attached hydrogens (tertiary/aromatic N) is 7. The van der Waals surface area contributed by atoms with E-state index in [2.05, 4.69) is 35.3 Å². The second-order valence-electron chi connectivity index (χ2n) is 7.40. The third kappa shape index (κ3) is 4.51. The highest BCUT2D eigenvalue weighted by Crippen LogP contribution is 2.29. The summed E-state index contributed by atoms with van der Waals surface area (Å²) in [5.41, 5.74) is 10.4. The summed E-state index contributed by atoms with van der Waals surface area (Å²) in [7, 11) is 1.62. The van der Waals surface area contributed by atoms with Crippen LogP contribution in [-0.2, 0) is 6.54 Å². The smallest absolute Gasteiger partial charge is 0.229 e. The molecule has 5 aromatic rings. The van der Waals surface area contributed by atoms with Crippen LogP contribution < -0.4 is 15.8 Å². The molecule has 10 heteroatoms. The normalized spacial score (nSPS) is 10.7. The number of nitrogens with two attached hydrogens (primary N) is 1. The zero-order chi connectivity index (χ0) is 23.3. The molecule has 0 unspecified atom stereocenters. The number of nitrogens with one attached hydrogen (secondary N) is 1. The minimum Gasteiger partial charge on any atom is -0.496 e. The Bertz CT molecular complexity index is 1390. The molecule has 168 valence electrons. The summed E-state index contributed by atoms with van der Waals surface area (Å²) in [4.78, 5) is 21.7. The van der Waals surface area contributed by atoms with Gasteiger partial charge in [-0.05, 0) is 29.8 Å². The lowest BCUT2D eigenvalue weighted by Crippen LogP contribution is -2.03. The van der Waals surface area contributed by atoms with Crippen LogP contribution in [0.25, 0.3) is 22.5 Å². The van der Waals surface area contributed by atoms with E-state index in [4.69, 9.17) is 10.5 Å². The Morgan fingerprint density at radius 2 is 1.74 bits per heavy atom. The van der Waals surface area contributed by atoms with Gasteiger partial charge in [-0.25, -0.2) is 24.6 Å². The van der Waals surface area contributed by atoms with E-state index < -0.39 is 0 Å². The molecular weight excluding hydrogens is 430 g/mol. The van der Waals surface area contributed by atoms with Crippen LogP contribution in [0.1, 0.15) is 5.56 Å². The fourth-order valence-corrected chi connectivity index (χ4v) is 3.44. The number of para-hydroxylation sites is 1. The lowest BCUT2D eigenvalue weighted by molar-refractivity contribution is 0.416. The minimum absolute atomic E-state index is 0.328. The number of methoxy groups -OCH3 is 1. The monoisotopic (exact) mass is 451 g/mol. The maximum atomic E-state index is 6.22. The van der Waals surface area contributed by atoms with Crippen LogP contribution in [0, 0.1) is 0 Å². The molecule has 0 bridgehead atoms. The Morgan fingerprint density at radius 1 is 0.941 bits per heavy atom. The standard InChI is InChI=1S/C24H21N9O/c1-34-21-5-3-2-4-19(21)23-27-10-17(11-28-23)20-12-29-24(32-22(20)25)31-18-8-6-16(7-9-18)13-33-15-26-14-30-33/h2-12,14-15H,13H2,1H3,(H3,25,29,31,32). The maximum absolute atomic E-state index is 6.22. The van der Waals surface area contributed by atoms with E-state index in [-0.39, 0.29) is 0 Å². The molecule has 0 saturated heterocycles. The Balaban J connectivity index is 1.30. The summed E-state index contributed by atoms with van der Waals surface area (Å²) in [5, 5.41) is 7.28. The van der Waals surface area contributed by atoms with Gasteiger partial charge in [0.05, 0.1) is 19.2 Å². The van der Waals surface area contributed by atoms with Crippen LogP contribution in [0.15, 0.2) is 79.8 Å². The first-order chi connectivity index (χ1) is 16.7. The van der Waals surface area contributed by atoms with E-state index in [1.807, 2.05) is 48.5 Å². The molecule has 0 amide bonds. The minimum atomic E-state index is 0.328. The summed E-state index contributed by atoms with van der Waals surface area (Å²) in [5.74, 6) is 2.00. The summed E-state index contributed by atoms with van der Waals surface area (Å²) in [6.45, 7) is 0.649. The van der Waals surface area contributed by atoms with Crippen LogP contribution in [-0.4, -0.2) is 41.8 Å². The number of ether oxygens (including phenoxy) is 1. The maximum Gasteiger partial charge on any atom is 0.229 e. The van der Waals surface area contributed by atoms with Crippen LogP contribution in [0.2, 0.25) is 0 Å². The number of anilines is 3. The topological polar surface area (TPSA) is 130 Å². The first-order valence-electron chi connectivity index (χ1n) is 10.5. The highest BCUT2D eigenvalue weighted by molar-refractivity contribution is 5.74. The van der Waals surface area contributed by atoms with E-state index in [1.54, 1.807) is 36.7 Å². The average Bonchev–Trinajstić information content (AvgIpc) is 3.39.